The fourth-order valence-electron chi connectivity index (χ4n) is 3.76. The van der Waals surface area contributed by atoms with Gasteiger partial charge in [0.2, 0.25) is 0 Å². The Kier molecular flexibility index (Phi) is 5.51. The topological polar surface area (TPSA) is 56.6 Å². The van der Waals surface area contributed by atoms with E-state index in [1.165, 1.54) is 0 Å². The second-order valence-corrected chi connectivity index (χ2v) is 7.83. The highest BCUT2D eigenvalue weighted by Crippen LogP contribution is 2.39. The zero-order valence-electron chi connectivity index (χ0n) is 16.6. The Morgan fingerprint density at radius 1 is 1.10 bits per heavy atom. The highest BCUT2D eigenvalue weighted by atomic mass is 32.1. The maximum absolute atomic E-state index is 9.67. The Balaban J connectivity index is 1.77. The summed E-state index contributed by atoms with van der Waals surface area (Å²) in [6, 6.07) is 17.3. The van der Waals surface area contributed by atoms with Crippen LogP contribution in [-0.4, -0.2) is 56.8 Å². The van der Waals surface area contributed by atoms with Crippen LogP contribution < -0.4 is 5.32 Å². The standard InChI is InChI=1S/C22H25N5OS/c1-25(2)14-15-27-21(20(24-22(27)29)18-6-3-4-12-23-18)19-7-5-13-26(19)16-8-10-17(28)11-9-16/h3-13,20-21,28H,14-15H2,1-2H3,(H,24,29)/t20-,21+/m0/s1. The molecule has 0 bridgehead atoms. The number of rotatable bonds is 6. The smallest absolute Gasteiger partial charge is 0.170 e. The van der Waals surface area contributed by atoms with E-state index >= 15 is 0 Å². The van der Waals surface area contributed by atoms with E-state index in [1.54, 1.807) is 12.1 Å². The van der Waals surface area contributed by atoms with Gasteiger partial charge in [0, 0.05) is 36.9 Å². The van der Waals surface area contributed by atoms with Gasteiger partial charge in [-0.15, -0.1) is 0 Å². The average Bonchev–Trinajstić information content (AvgIpc) is 3.32. The number of pyridine rings is 1. The molecule has 1 aliphatic rings. The van der Waals surface area contributed by atoms with Crippen molar-refractivity contribution in [2.75, 3.05) is 27.2 Å². The highest BCUT2D eigenvalue weighted by Gasteiger charge is 2.41. The molecule has 0 spiro atoms. The Hall–Kier alpha value is -2.90. The third-order valence-corrected chi connectivity index (χ3v) is 5.55. The number of aromatic hydroxyl groups is 1. The van der Waals surface area contributed by atoms with Crippen molar-refractivity contribution in [2.45, 2.75) is 12.1 Å². The summed E-state index contributed by atoms with van der Waals surface area (Å²) in [7, 11) is 4.13. The zero-order chi connectivity index (χ0) is 20.4. The summed E-state index contributed by atoms with van der Waals surface area (Å²) in [5.74, 6) is 0.255. The molecule has 3 heterocycles. The molecule has 0 aliphatic carbocycles. The number of hydrogen-bond acceptors (Lipinski definition) is 4. The van der Waals surface area contributed by atoms with E-state index in [-0.39, 0.29) is 17.8 Å². The van der Waals surface area contributed by atoms with Crippen LogP contribution in [0.15, 0.2) is 67.0 Å². The van der Waals surface area contributed by atoms with E-state index in [1.807, 2.05) is 48.8 Å². The summed E-state index contributed by atoms with van der Waals surface area (Å²) in [5, 5.41) is 13.9. The lowest BCUT2D eigenvalue weighted by Crippen LogP contribution is -2.36. The maximum Gasteiger partial charge on any atom is 0.170 e. The molecule has 4 rings (SSSR count). The van der Waals surface area contributed by atoms with Gasteiger partial charge in [-0.25, -0.2) is 0 Å². The normalized spacial score (nSPS) is 19.0. The molecule has 3 aromatic rings. The van der Waals surface area contributed by atoms with Crippen LogP contribution in [0.4, 0.5) is 0 Å². The van der Waals surface area contributed by atoms with Crippen LogP contribution in [0.5, 0.6) is 5.75 Å². The Morgan fingerprint density at radius 2 is 1.90 bits per heavy atom. The fourth-order valence-corrected chi connectivity index (χ4v) is 4.09. The average molecular weight is 408 g/mol. The van der Waals surface area contributed by atoms with Gasteiger partial charge in [-0.3, -0.25) is 4.98 Å². The van der Waals surface area contributed by atoms with Gasteiger partial charge in [-0.05, 0) is 74.8 Å². The number of phenolic OH excluding ortho intramolecular Hbond substituents is 1. The molecule has 2 aromatic heterocycles. The van der Waals surface area contributed by atoms with Crippen molar-refractivity contribution in [1.82, 2.24) is 24.7 Å². The fraction of sp³-hybridized carbons (Fsp3) is 0.273. The monoisotopic (exact) mass is 407 g/mol. The molecule has 1 saturated heterocycles. The quantitative estimate of drug-likeness (QED) is 0.613. The first kappa shape index (κ1) is 19.4. The molecule has 0 amide bonds. The molecule has 1 aromatic carbocycles. The second kappa shape index (κ2) is 8.23. The molecule has 7 heteroatoms. The summed E-state index contributed by atoms with van der Waals surface area (Å²) >= 11 is 5.72. The first-order valence-electron chi connectivity index (χ1n) is 9.64. The minimum Gasteiger partial charge on any atom is -0.508 e. The van der Waals surface area contributed by atoms with Crippen LogP contribution in [0, 0.1) is 0 Å². The molecular formula is C22H25N5OS. The lowest BCUT2D eigenvalue weighted by atomic mass is 10.0. The van der Waals surface area contributed by atoms with Gasteiger partial charge in [0.15, 0.2) is 5.11 Å². The predicted molar refractivity (Wildman–Crippen MR) is 118 cm³/mol. The van der Waals surface area contributed by atoms with Gasteiger partial charge in [-0.1, -0.05) is 6.07 Å². The van der Waals surface area contributed by atoms with Crippen molar-refractivity contribution in [1.29, 1.82) is 0 Å². The summed E-state index contributed by atoms with van der Waals surface area (Å²) in [6.45, 7) is 1.71. The van der Waals surface area contributed by atoms with Crippen LogP contribution in [-0.2, 0) is 0 Å². The summed E-state index contributed by atoms with van der Waals surface area (Å²) in [5.41, 5.74) is 3.08. The van der Waals surface area contributed by atoms with Gasteiger partial charge in [0.1, 0.15) is 5.75 Å². The van der Waals surface area contributed by atoms with Crippen molar-refractivity contribution in [2.24, 2.45) is 0 Å². The molecular weight excluding hydrogens is 382 g/mol. The molecule has 29 heavy (non-hydrogen) atoms. The number of nitrogens with zero attached hydrogens (tertiary/aromatic N) is 4. The molecule has 0 saturated carbocycles. The van der Waals surface area contributed by atoms with Crippen LogP contribution in [0.2, 0.25) is 0 Å². The minimum atomic E-state index is -0.0448. The molecule has 150 valence electrons. The number of likely N-dealkylation sites (N-methyl/N-ethyl adjacent to an activating group) is 1. The third-order valence-electron chi connectivity index (χ3n) is 5.20. The summed E-state index contributed by atoms with van der Waals surface area (Å²) in [4.78, 5) is 9.01. The van der Waals surface area contributed by atoms with Crippen LogP contribution in [0.1, 0.15) is 23.5 Å². The summed E-state index contributed by atoms with van der Waals surface area (Å²) in [6.07, 6.45) is 3.86. The van der Waals surface area contributed by atoms with E-state index in [4.69, 9.17) is 12.2 Å². The molecule has 2 atom stereocenters. The third kappa shape index (κ3) is 3.97. The van der Waals surface area contributed by atoms with Gasteiger partial charge in [-0.2, -0.15) is 0 Å². The zero-order valence-corrected chi connectivity index (χ0v) is 17.4. The Labute approximate surface area is 176 Å². The van der Waals surface area contributed by atoms with Crippen LogP contribution in [0.25, 0.3) is 5.69 Å². The van der Waals surface area contributed by atoms with Crippen molar-refractivity contribution < 1.29 is 5.11 Å². The van der Waals surface area contributed by atoms with E-state index < -0.39 is 0 Å². The predicted octanol–water partition coefficient (Wildman–Crippen LogP) is 3.11. The van der Waals surface area contributed by atoms with Gasteiger partial charge in [0.05, 0.1) is 17.8 Å². The van der Waals surface area contributed by atoms with Crippen molar-refractivity contribution >= 4 is 17.3 Å². The Bertz CT molecular complexity index is 970. The first-order chi connectivity index (χ1) is 14.0. The van der Waals surface area contributed by atoms with Gasteiger partial charge in [0.25, 0.3) is 0 Å². The van der Waals surface area contributed by atoms with Crippen LogP contribution >= 0.6 is 12.2 Å². The highest BCUT2D eigenvalue weighted by molar-refractivity contribution is 7.80. The number of thiocarbonyl (C=S) groups is 1. The van der Waals surface area contributed by atoms with Crippen molar-refractivity contribution in [3.63, 3.8) is 0 Å². The molecule has 1 aliphatic heterocycles. The number of benzene rings is 1. The van der Waals surface area contributed by atoms with E-state index in [2.05, 4.69) is 44.8 Å². The van der Waals surface area contributed by atoms with E-state index in [0.29, 0.717) is 0 Å². The van der Waals surface area contributed by atoms with Crippen molar-refractivity contribution in [3.8, 4) is 11.4 Å². The van der Waals surface area contributed by atoms with Crippen LogP contribution in [0.3, 0.4) is 0 Å². The number of hydrogen-bond donors (Lipinski definition) is 2. The van der Waals surface area contributed by atoms with Gasteiger partial charge >= 0.3 is 0 Å². The molecule has 0 radical (unpaired) electrons. The molecule has 1 fully saturated rings. The largest absolute Gasteiger partial charge is 0.508 e. The van der Waals surface area contributed by atoms with E-state index in [9.17, 15) is 5.11 Å². The maximum atomic E-state index is 9.67. The molecule has 0 unspecified atom stereocenters. The number of aromatic nitrogens is 2. The molecule has 6 nitrogen and oxygen atoms in total. The minimum absolute atomic E-state index is 0.00107. The lowest BCUT2D eigenvalue weighted by Gasteiger charge is -2.29. The van der Waals surface area contributed by atoms with E-state index in [0.717, 1.165) is 35.3 Å². The van der Waals surface area contributed by atoms with Gasteiger partial charge < -0.3 is 24.8 Å². The number of phenols is 1. The lowest BCUT2D eigenvalue weighted by molar-refractivity contribution is 0.272. The summed E-state index contributed by atoms with van der Waals surface area (Å²) < 4.78 is 2.15. The molecule has 2 N–H and O–H groups in total. The van der Waals surface area contributed by atoms with Crippen molar-refractivity contribution in [3.05, 3.63) is 78.4 Å². The second-order valence-electron chi connectivity index (χ2n) is 7.44. The Morgan fingerprint density at radius 3 is 2.59 bits per heavy atom. The first-order valence-corrected chi connectivity index (χ1v) is 10.0. The number of nitrogens with one attached hydrogen (secondary N) is 1. The SMILES string of the molecule is CN(C)CCN1C(=S)N[C@@H](c2ccccn2)[C@H]1c1cccn1-c1ccc(O)cc1.